The SMILES string of the molecule is O=C1/C(=C/c2ccc(Br)cc2)Oc2cc(OCc3ccc([N+](=O)[O-])cc3)ccc21. The molecule has 3 aromatic rings. The summed E-state index contributed by atoms with van der Waals surface area (Å²) in [7, 11) is 0. The third-order valence-corrected chi connectivity index (χ3v) is 4.89. The predicted octanol–water partition coefficient (Wildman–Crippen LogP) is 5.55. The van der Waals surface area contributed by atoms with Gasteiger partial charge in [0.2, 0.25) is 5.78 Å². The Hall–Kier alpha value is -3.45. The van der Waals surface area contributed by atoms with Crippen molar-refractivity contribution in [3.05, 3.63) is 104 Å². The van der Waals surface area contributed by atoms with Gasteiger partial charge in [-0.05, 0) is 53.6 Å². The molecule has 1 aliphatic rings. The number of fused-ring (bicyclic) bond motifs is 1. The van der Waals surface area contributed by atoms with Crippen LogP contribution in [0.25, 0.3) is 6.08 Å². The fourth-order valence-electron chi connectivity index (χ4n) is 2.85. The maximum Gasteiger partial charge on any atom is 0.269 e. The lowest BCUT2D eigenvalue weighted by atomic mass is 10.1. The van der Waals surface area contributed by atoms with Crippen LogP contribution in [-0.2, 0) is 6.61 Å². The van der Waals surface area contributed by atoms with Gasteiger partial charge in [-0.3, -0.25) is 14.9 Å². The lowest BCUT2D eigenvalue weighted by Crippen LogP contribution is -1.98. The smallest absolute Gasteiger partial charge is 0.269 e. The second-order valence-corrected chi connectivity index (χ2v) is 7.28. The highest BCUT2D eigenvalue weighted by Crippen LogP contribution is 2.35. The van der Waals surface area contributed by atoms with Crippen LogP contribution in [-0.4, -0.2) is 10.7 Å². The Labute approximate surface area is 174 Å². The first-order chi connectivity index (χ1) is 14.0. The van der Waals surface area contributed by atoms with Gasteiger partial charge in [-0.2, -0.15) is 0 Å². The van der Waals surface area contributed by atoms with Gasteiger partial charge in [0.25, 0.3) is 5.69 Å². The highest BCUT2D eigenvalue weighted by Gasteiger charge is 2.27. The van der Waals surface area contributed by atoms with Gasteiger partial charge in [0.05, 0.1) is 10.5 Å². The topological polar surface area (TPSA) is 78.7 Å². The molecule has 0 aliphatic carbocycles. The normalized spacial score (nSPS) is 13.8. The van der Waals surface area contributed by atoms with Crippen LogP contribution >= 0.6 is 15.9 Å². The van der Waals surface area contributed by atoms with Crippen LogP contribution in [0, 0.1) is 10.1 Å². The van der Waals surface area contributed by atoms with Crippen molar-refractivity contribution in [1.29, 1.82) is 0 Å². The standard InChI is InChI=1S/C22H14BrNO5/c23-16-5-1-14(2-6-16)11-21-22(25)19-10-9-18(12-20(19)29-21)28-13-15-3-7-17(8-4-15)24(26)27/h1-12H,13H2/b21-11-. The van der Waals surface area contributed by atoms with Crippen molar-refractivity contribution in [2.75, 3.05) is 0 Å². The zero-order chi connectivity index (χ0) is 20.4. The van der Waals surface area contributed by atoms with Crippen LogP contribution in [0.3, 0.4) is 0 Å². The van der Waals surface area contributed by atoms with Crippen LogP contribution in [0.4, 0.5) is 5.69 Å². The molecule has 7 heteroatoms. The molecule has 0 unspecified atom stereocenters. The number of hydrogen-bond donors (Lipinski definition) is 0. The van der Waals surface area contributed by atoms with E-state index >= 15 is 0 Å². The summed E-state index contributed by atoms with van der Waals surface area (Å²) < 4.78 is 12.4. The largest absolute Gasteiger partial charge is 0.489 e. The van der Waals surface area contributed by atoms with Gasteiger partial charge in [0, 0.05) is 22.7 Å². The molecule has 4 rings (SSSR count). The summed E-state index contributed by atoms with van der Waals surface area (Å²) in [4.78, 5) is 22.8. The highest BCUT2D eigenvalue weighted by molar-refractivity contribution is 9.10. The van der Waals surface area contributed by atoms with Crippen LogP contribution in [0.1, 0.15) is 21.5 Å². The number of allylic oxidation sites excluding steroid dienone is 1. The molecule has 0 bridgehead atoms. The zero-order valence-corrected chi connectivity index (χ0v) is 16.6. The molecule has 1 aliphatic heterocycles. The minimum Gasteiger partial charge on any atom is -0.489 e. The summed E-state index contributed by atoms with van der Waals surface area (Å²) >= 11 is 3.38. The van der Waals surface area contributed by atoms with Gasteiger partial charge in [-0.15, -0.1) is 0 Å². The summed E-state index contributed by atoms with van der Waals surface area (Å²) in [5.74, 6) is 1.07. The highest BCUT2D eigenvalue weighted by atomic mass is 79.9. The molecule has 1 heterocycles. The fourth-order valence-corrected chi connectivity index (χ4v) is 3.11. The Morgan fingerprint density at radius 2 is 1.76 bits per heavy atom. The molecule has 0 saturated heterocycles. The summed E-state index contributed by atoms with van der Waals surface area (Å²) in [5.41, 5.74) is 2.17. The number of nitro groups is 1. The molecule has 0 saturated carbocycles. The Bertz CT molecular complexity index is 1120. The van der Waals surface area contributed by atoms with E-state index in [1.165, 1.54) is 12.1 Å². The van der Waals surface area contributed by atoms with Gasteiger partial charge in [0.15, 0.2) is 5.76 Å². The number of benzene rings is 3. The predicted molar refractivity (Wildman–Crippen MR) is 111 cm³/mol. The number of nitrogens with zero attached hydrogens (tertiary/aromatic N) is 1. The number of ether oxygens (including phenoxy) is 2. The number of ketones is 1. The second-order valence-electron chi connectivity index (χ2n) is 6.36. The van der Waals surface area contributed by atoms with E-state index in [0.717, 1.165) is 15.6 Å². The molecule has 0 atom stereocenters. The number of carbonyl (C=O) groups excluding carboxylic acids is 1. The van der Waals surface area contributed by atoms with Gasteiger partial charge in [-0.25, -0.2) is 0 Å². The molecule has 6 nitrogen and oxygen atoms in total. The summed E-state index contributed by atoms with van der Waals surface area (Å²) in [5, 5.41) is 10.7. The Morgan fingerprint density at radius 1 is 1.03 bits per heavy atom. The van der Waals surface area contributed by atoms with Crippen LogP contribution in [0.5, 0.6) is 11.5 Å². The number of nitro benzene ring substituents is 1. The monoisotopic (exact) mass is 451 g/mol. The average molecular weight is 452 g/mol. The first kappa shape index (κ1) is 18.9. The summed E-state index contributed by atoms with van der Waals surface area (Å²) in [6.07, 6.45) is 1.70. The molecule has 0 radical (unpaired) electrons. The van der Waals surface area contributed by atoms with Crippen LogP contribution in [0.2, 0.25) is 0 Å². The first-order valence-corrected chi connectivity index (χ1v) is 9.49. The maximum atomic E-state index is 12.5. The molecule has 0 fully saturated rings. The van der Waals surface area contributed by atoms with E-state index in [1.807, 2.05) is 24.3 Å². The third-order valence-electron chi connectivity index (χ3n) is 4.36. The molecular formula is C22H14BrNO5. The molecule has 0 amide bonds. The average Bonchev–Trinajstić information content (AvgIpc) is 3.03. The van der Waals surface area contributed by atoms with Crippen molar-refractivity contribution in [3.63, 3.8) is 0 Å². The minimum atomic E-state index is -0.446. The minimum absolute atomic E-state index is 0.0308. The van der Waals surface area contributed by atoms with Gasteiger partial charge >= 0.3 is 0 Å². The lowest BCUT2D eigenvalue weighted by molar-refractivity contribution is -0.384. The molecule has 3 aromatic carbocycles. The Morgan fingerprint density at radius 3 is 2.45 bits per heavy atom. The lowest BCUT2D eigenvalue weighted by Gasteiger charge is -2.07. The number of carbonyl (C=O) groups is 1. The van der Waals surface area contributed by atoms with E-state index in [0.29, 0.717) is 17.1 Å². The maximum absolute atomic E-state index is 12.5. The van der Waals surface area contributed by atoms with Crippen molar-refractivity contribution in [2.45, 2.75) is 6.61 Å². The third kappa shape index (κ3) is 4.20. The molecule has 0 spiro atoms. The van der Waals surface area contributed by atoms with E-state index < -0.39 is 4.92 Å². The van der Waals surface area contributed by atoms with Crippen LogP contribution in [0.15, 0.2) is 77.0 Å². The Balaban J connectivity index is 1.47. The van der Waals surface area contributed by atoms with Crippen molar-refractivity contribution in [3.8, 4) is 11.5 Å². The van der Waals surface area contributed by atoms with Crippen molar-refractivity contribution in [2.24, 2.45) is 0 Å². The van der Waals surface area contributed by atoms with Crippen molar-refractivity contribution in [1.82, 2.24) is 0 Å². The Kier molecular flexibility index (Phi) is 5.14. The van der Waals surface area contributed by atoms with E-state index in [-0.39, 0.29) is 23.8 Å². The van der Waals surface area contributed by atoms with Gasteiger partial charge in [0.1, 0.15) is 18.1 Å². The number of hydrogen-bond acceptors (Lipinski definition) is 5. The molecule has 29 heavy (non-hydrogen) atoms. The quantitative estimate of drug-likeness (QED) is 0.288. The van der Waals surface area contributed by atoms with Gasteiger partial charge in [-0.1, -0.05) is 28.1 Å². The number of Topliss-reactive ketones (excluding diaryl/α,β-unsaturated/α-hetero) is 1. The number of halogens is 1. The second kappa shape index (κ2) is 7.89. The fraction of sp³-hybridized carbons (Fsp3) is 0.0455. The first-order valence-electron chi connectivity index (χ1n) is 8.69. The van der Waals surface area contributed by atoms with E-state index in [4.69, 9.17) is 9.47 Å². The van der Waals surface area contributed by atoms with Crippen molar-refractivity contribution >= 4 is 33.5 Å². The van der Waals surface area contributed by atoms with Crippen LogP contribution < -0.4 is 9.47 Å². The van der Waals surface area contributed by atoms with Gasteiger partial charge < -0.3 is 9.47 Å². The van der Waals surface area contributed by atoms with E-state index in [1.54, 1.807) is 36.4 Å². The molecule has 0 aromatic heterocycles. The zero-order valence-electron chi connectivity index (χ0n) is 15.0. The summed E-state index contributed by atoms with van der Waals surface area (Å²) in [6.45, 7) is 0.242. The number of non-ortho nitro benzene ring substituents is 1. The van der Waals surface area contributed by atoms with E-state index in [9.17, 15) is 14.9 Å². The van der Waals surface area contributed by atoms with E-state index in [2.05, 4.69) is 15.9 Å². The summed E-state index contributed by atoms with van der Waals surface area (Å²) in [6, 6.07) is 18.7. The molecular weight excluding hydrogens is 438 g/mol. The molecule has 144 valence electrons. The molecule has 0 N–H and O–H groups in total. The number of rotatable bonds is 5. The van der Waals surface area contributed by atoms with Crippen molar-refractivity contribution < 1.29 is 19.2 Å².